The van der Waals surface area contributed by atoms with Crippen molar-refractivity contribution in [2.45, 2.75) is 176 Å². The third kappa shape index (κ3) is 31.6. The van der Waals surface area contributed by atoms with E-state index < -0.39 is 0 Å². The van der Waals surface area contributed by atoms with Crippen LogP contribution in [-0.4, -0.2) is 59.3 Å². The smallest absolute Gasteiger partial charge is 0.134 e. The van der Waals surface area contributed by atoms with Crippen molar-refractivity contribution in [3.05, 3.63) is 230 Å². The van der Waals surface area contributed by atoms with E-state index in [1.54, 1.807) is 0 Å². The third-order valence-electron chi connectivity index (χ3n) is 10.9. The Labute approximate surface area is 557 Å². The molecule has 4 N–H and O–H groups in total. The van der Waals surface area contributed by atoms with Crippen LogP contribution >= 0.6 is 0 Å². The van der Waals surface area contributed by atoms with Crippen molar-refractivity contribution in [1.82, 2.24) is 10.0 Å². The summed E-state index contributed by atoms with van der Waals surface area (Å²) in [4.78, 5) is 9.58. The number of nitrogens with two attached hydrogens (primary N) is 2. The first-order valence-corrected chi connectivity index (χ1v) is 29.9. The molecular formula is C72H118N8Y2-2. The minimum Gasteiger partial charge on any atom is -0.358 e. The number of hydrogen-bond acceptors (Lipinski definition) is 6. The molecule has 0 aromatic heterocycles. The van der Waals surface area contributed by atoms with E-state index in [0.717, 1.165) is 45.3 Å². The number of nitrogens with zero attached hydrogens (tertiary/aromatic N) is 6. The van der Waals surface area contributed by atoms with Gasteiger partial charge in [-0.3, -0.25) is 9.98 Å². The maximum Gasteiger partial charge on any atom is 0.134 e. The summed E-state index contributed by atoms with van der Waals surface area (Å²) in [6, 6.07) is 62.3. The average Bonchev–Trinajstić information content (AvgIpc) is 4.11. The molecule has 8 rings (SSSR count). The Morgan fingerprint density at radius 2 is 0.573 bits per heavy atom. The predicted octanol–water partition coefficient (Wildman–Crippen LogP) is 19.6. The Kier molecular flexibility index (Phi) is 72.0. The van der Waals surface area contributed by atoms with Crippen molar-refractivity contribution in [2.24, 2.45) is 31.7 Å². The second-order valence-electron chi connectivity index (χ2n) is 15.0. The van der Waals surface area contributed by atoms with Crippen LogP contribution in [0.2, 0.25) is 0 Å². The molecule has 2 atom stereocenters. The molecule has 0 saturated heterocycles. The summed E-state index contributed by atoms with van der Waals surface area (Å²) in [5.41, 5.74) is 20.8. The number of hydrazone groups is 2. The molecule has 8 nitrogen and oxygen atoms in total. The fourth-order valence-corrected chi connectivity index (χ4v) is 7.63. The maximum atomic E-state index is 6.09. The third-order valence-corrected chi connectivity index (χ3v) is 10.9. The van der Waals surface area contributed by atoms with Gasteiger partial charge < -0.3 is 26.3 Å². The van der Waals surface area contributed by atoms with Crippen LogP contribution in [0.4, 0.5) is 0 Å². The molecule has 6 aromatic carbocycles. The van der Waals surface area contributed by atoms with Gasteiger partial charge in [0.25, 0.3) is 0 Å². The average molecular weight is 1270 g/mol. The van der Waals surface area contributed by atoms with Crippen molar-refractivity contribution in [3.63, 3.8) is 0 Å². The minimum absolute atomic E-state index is 0. The molecule has 0 fully saturated rings. The number of amidine groups is 2. The Morgan fingerprint density at radius 3 is 0.793 bits per heavy atom. The SMILES string of the molecule is CC.CC.CC.CC.CC.CC.CC.CC.CC.CC.C[C@@]1(c2ccccc2)CN(C(CN)=NCc2ccccc2)N=C1c1ccccc1.C[C@]1(c2ccccc2)CN(C(CN)=NCc2ccccc2)N=C1c1ccccc1.[CH3-].[CH3-].[Y].[Y]. The van der Waals surface area contributed by atoms with Crippen molar-refractivity contribution in [3.8, 4) is 0 Å². The molecule has 10 heteroatoms. The molecule has 2 aliphatic heterocycles. The first-order chi connectivity index (χ1) is 38.4. The van der Waals surface area contributed by atoms with Crippen LogP contribution in [0.3, 0.4) is 0 Å². The second kappa shape index (κ2) is 62.8. The Balaban J connectivity index is -0.000000164. The van der Waals surface area contributed by atoms with Gasteiger partial charge in [0.1, 0.15) is 11.7 Å². The summed E-state index contributed by atoms with van der Waals surface area (Å²) in [6.45, 7) is 47.8. The molecule has 82 heavy (non-hydrogen) atoms. The summed E-state index contributed by atoms with van der Waals surface area (Å²) < 4.78 is 0. The normalized spacial score (nSPS) is 14.4. The van der Waals surface area contributed by atoms with E-state index in [1.165, 1.54) is 11.1 Å². The molecule has 0 saturated carbocycles. The predicted molar refractivity (Wildman–Crippen MR) is 367 cm³/mol. The Morgan fingerprint density at radius 1 is 0.366 bits per heavy atom. The second-order valence-corrected chi connectivity index (χ2v) is 15.0. The van der Waals surface area contributed by atoms with Gasteiger partial charge in [-0.2, -0.15) is 10.2 Å². The molecular weight excluding hydrogens is 1150 g/mol. The molecule has 0 spiro atoms. The summed E-state index contributed by atoms with van der Waals surface area (Å²) in [5.74, 6) is 1.61. The number of aliphatic imine (C=N–C) groups is 2. The molecule has 0 unspecified atom stereocenters. The molecule has 2 aliphatic rings. The van der Waals surface area contributed by atoms with E-state index >= 15 is 0 Å². The Hall–Kier alpha value is -4.27. The maximum absolute atomic E-state index is 6.09. The number of benzene rings is 6. The van der Waals surface area contributed by atoms with Gasteiger partial charge in [-0.1, -0.05) is 320 Å². The van der Waals surface area contributed by atoms with Gasteiger partial charge in [0.05, 0.1) is 61.5 Å². The molecule has 0 amide bonds. The van der Waals surface area contributed by atoms with Gasteiger partial charge in [-0.05, 0) is 47.2 Å². The summed E-state index contributed by atoms with van der Waals surface area (Å²) in [6.07, 6.45) is 0. The Bertz CT molecular complexity index is 2180. The summed E-state index contributed by atoms with van der Waals surface area (Å²) in [7, 11) is 0. The number of hydrogen-bond donors (Lipinski definition) is 2. The van der Waals surface area contributed by atoms with Gasteiger partial charge in [-0.15, -0.1) is 0 Å². The zero-order valence-corrected chi connectivity index (χ0v) is 62.2. The van der Waals surface area contributed by atoms with Gasteiger partial charge in [0.2, 0.25) is 0 Å². The topological polar surface area (TPSA) is 108 Å². The van der Waals surface area contributed by atoms with E-state index in [-0.39, 0.29) is 91.1 Å². The van der Waals surface area contributed by atoms with E-state index in [0.29, 0.717) is 39.3 Å². The standard InChI is InChI=1S/2C25H26N4.10C2H6.2CH3.2Y/c2*1-25(22-15-9-4-10-16-22)19-29(28-24(25)21-13-7-3-8-14-21)23(17-26)27-18-20-11-5-2-6-12-20;10*1-2;;;;/h2*2-16H,17-19,26H2,1H3;10*1-2H3;2*1H3;;/q;;;;;;;;;;;;2*-1;;/t2*25-;;;;;;;;;;;;;;/m10............../s1. The molecule has 2 radical (unpaired) electrons. The number of rotatable bonds is 10. The van der Waals surface area contributed by atoms with Crippen LogP contribution in [0, 0.1) is 14.9 Å². The van der Waals surface area contributed by atoms with Gasteiger partial charge in [0.15, 0.2) is 0 Å². The minimum atomic E-state index is -0.245. The largest absolute Gasteiger partial charge is 0.358 e. The quantitative estimate of drug-likeness (QED) is 0.0809. The molecule has 0 bridgehead atoms. The first-order valence-electron chi connectivity index (χ1n) is 29.9. The molecule has 6 aromatic rings. The van der Waals surface area contributed by atoms with E-state index in [4.69, 9.17) is 31.7 Å². The van der Waals surface area contributed by atoms with Crippen LogP contribution in [0.5, 0.6) is 0 Å². The molecule has 454 valence electrons. The molecule has 0 aliphatic carbocycles. The summed E-state index contributed by atoms with van der Waals surface area (Å²) in [5, 5.41) is 14.0. The summed E-state index contributed by atoms with van der Waals surface area (Å²) >= 11 is 0. The van der Waals surface area contributed by atoms with E-state index in [2.05, 4.69) is 135 Å². The van der Waals surface area contributed by atoms with Crippen LogP contribution in [0.15, 0.2) is 202 Å². The van der Waals surface area contributed by atoms with Crippen molar-refractivity contribution < 1.29 is 65.4 Å². The van der Waals surface area contributed by atoms with Crippen LogP contribution in [-0.2, 0) is 89.3 Å². The van der Waals surface area contributed by atoms with Crippen LogP contribution < -0.4 is 11.5 Å². The van der Waals surface area contributed by atoms with Crippen LogP contribution in [0.1, 0.15) is 186 Å². The van der Waals surface area contributed by atoms with E-state index in [1.807, 2.05) is 209 Å². The van der Waals surface area contributed by atoms with Gasteiger partial charge in [0, 0.05) is 65.4 Å². The van der Waals surface area contributed by atoms with Gasteiger partial charge in [-0.25, -0.2) is 10.0 Å². The van der Waals surface area contributed by atoms with Crippen LogP contribution in [0.25, 0.3) is 0 Å². The molecule has 2 heterocycles. The zero-order valence-electron chi connectivity index (χ0n) is 56.6. The van der Waals surface area contributed by atoms with Crippen molar-refractivity contribution in [2.75, 3.05) is 26.2 Å². The fourth-order valence-electron chi connectivity index (χ4n) is 7.63. The van der Waals surface area contributed by atoms with Crippen molar-refractivity contribution in [1.29, 1.82) is 0 Å². The van der Waals surface area contributed by atoms with Crippen molar-refractivity contribution >= 4 is 23.1 Å². The van der Waals surface area contributed by atoms with Gasteiger partial charge >= 0.3 is 0 Å². The first kappa shape index (κ1) is 94.1. The van der Waals surface area contributed by atoms with E-state index in [9.17, 15) is 0 Å². The zero-order chi connectivity index (χ0) is 60.2. The monoisotopic (exact) mass is 1270 g/mol. The fraction of sp³-hybridized carbons (Fsp3) is 0.417.